The van der Waals surface area contributed by atoms with Crippen LogP contribution in [0.3, 0.4) is 0 Å². The minimum atomic E-state index is -2.95. The number of hydrogen-bond acceptors (Lipinski definition) is 1. The summed E-state index contributed by atoms with van der Waals surface area (Å²) in [6, 6.07) is 0. The molecule has 0 heterocycles. The molecule has 0 rings (SSSR count). The fraction of sp³-hybridized carbons (Fsp3) is 0.571. The summed E-state index contributed by atoms with van der Waals surface area (Å²) in [7, 11) is -1.68. The minimum absolute atomic E-state index is 1.27. The fourth-order valence-electron chi connectivity index (χ4n) is 0.304. The Bertz CT molecular complexity index is 207. The Kier molecular flexibility index (Phi) is 3.40. The second-order valence-corrected chi connectivity index (χ2v) is 7.91. The van der Waals surface area contributed by atoms with Crippen molar-refractivity contribution in [2.45, 2.75) is 26.1 Å². The Balaban J connectivity index is 4.20. The Morgan fingerprint density at radius 2 is 1.82 bits per heavy atom. The molecule has 0 spiro atoms. The van der Waals surface area contributed by atoms with E-state index in [-0.39, 0.29) is 0 Å². The Morgan fingerprint density at radius 3 is 2.09 bits per heavy atom. The van der Waals surface area contributed by atoms with E-state index >= 15 is 0 Å². The zero-order valence-electron chi connectivity index (χ0n) is 6.74. The quantitative estimate of drug-likeness (QED) is 0.439. The van der Waals surface area contributed by atoms with Gasteiger partial charge in [-0.25, -0.2) is 8.78 Å². The number of alkyl halides is 2. The molecule has 0 saturated carbocycles. The zero-order chi connectivity index (χ0) is 9.07. The number of Topliss-reactive ketones (excluding diaryl/α,β-unsaturated/α-hetero) is 1. The molecule has 0 radical (unpaired) electrons. The van der Waals surface area contributed by atoms with Crippen molar-refractivity contribution >= 4 is 13.9 Å². The van der Waals surface area contributed by atoms with E-state index in [1.165, 1.54) is 0 Å². The smallest absolute Gasteiger partial charge is 0.278 e. The maximum atomic E-state index is 11.6. The Morgan fingerprint density at radius 1 is 1.36 bits per heavy atom. The first-order valence-corrected chi connectivity index (χ1v) is 6.68. The van der Waals surface area contributed by atoms with E-state index in [0.29, 0.717) is 0 Å². The molecule has 0 unspecified atom stereocenters. The van der Waals surface area contributed by atoms with Crippen LogP contribution in [0.2, 0.25) is 19.6 Å². The summed E-state index contributed by atoms with van der Waals surface area (Å²) in [5, 5.41) is 0. The molecule has 0 aliphatic rings. The van der Waals surface area contributed by atoms with Gasteiger partial charge in [0.1, 0.15) is 8.07 Å². The maximum absolute atomic E-state index is 11.6. The zero-order valence-corrected chi connectivity index (χ0v) is 7.74. The number of carbonyl (C=O) groups excluding carboxylic acids is 1. The van der Waals surface area contributed by atoms with Gasteiger partial charge in [-0.3, -0.25) is 4.79 Å². The highest BCUT2D eigenvalue weighted by molar-refractivity contribution is 6.84. The fourth-order valence-corrected chi connectivity index (χ4v) is 0.802. The van der Waals surface area contributed by atoms with E-state index in [2.05, 4.69) is 5.54 Å². The summed E-state index contributed by atoms with van der Waals surface area (Å²) >= 11 is 0. The highest BCUT2D eigenvalue weighted by Gasteiger charge is 2.13. The number of carbonyl (C=O) groups is 1. The van der Waals surface area contributed by atoms with Gasteiger partial charge < -0.3 is 0 Å². The van der Waals surface area contributed by atoms with Crippen molar-refractivity contribution in [2.75, 3.05) is 0 Å². The molecular formula is C7H10F2OSi. The number of hydrogen-bond donors (Lipinski definition) is 0. The van der Waals surface area contributed by atoms with Crippen molar-refractivity contribution in [3.8, 4) is 11.5 Å². The predicted molar refractivity (Wildman–Crippen MR) is 42.1 cm³/mol. The van der Waals surface area contributed by atoms with Crippen LogP contribution in [0, 0.1) is 11.5 Å². The lowest BCUT2D eigenvalue weighted by molar-refractivity contribution is -0.123. The van der Waals surface area contributed by atoms with Gasteiger partial charge in [0, 0.05) is 0 Å². The molecule has 0 aliphatic carbocycles. The van der Waals surface area contributed by atoms with Crippen LogP contribution in [0.1, 0.15) is 0 Å². The van der Waals surface area contributed by atoms with Crippen LogP contribution in [0.4, 0.5) is 8.78 Å². The molecule has 62 valence electrons. The van der Waals surface area contributed by atoms with E-state index in [0.717, 1.165) is 0 Å². The SMILES string of the molecule is C[Si](C)(C)C#CC(=O)C(F)F. The van der Waals surface area contributed by atoms with Gasteiger partial charge in [0.25, 0.3) is 5.78 Å². The van der Waals surface area contributed by atoms with Crippen LogP contribution in [0.5, 0.6) is 0 Å². The number of rotatable bonds is 1. The summed E-state index contributed by atoms with van der Waals surface area (Å²) < 4.78 is 23.1. The van der Waals surface area contributed by atoms with Crippen molar-refractivity contribution in [3.63, 3.8) is 0 Å². The van der Waals surface area contributed by atoms with Crippen molar-refractivity contribution in [1.29, 1.82) is 0 Å². The van der Waals surface area contributed by atoms with E-state index in [1.54, 1.807) is 0 Å². The second kappa shape index (κ2) is 3.63. The van der Waals surface area contributed by atoms with Gasteiger partial charge in [0.15, 0.2) is 0 Å². The van der Waals surface area contributed by atoms with Crippen LogP contribution in [0.15, 0.2) is 0 Å². The third kappa shape index (κ3) is 5.74. The monoisotopic (exact) mass is 176 g/mol. The largest absolute Gasteiger partial charge is 0.308 e. The Labute approximate surface area is 65.8 Å². The average Bonchev–Trinajstić information content (AvgIpc) is 1.80. The predicted octanol–water partition coefficient (Wildman–Crippen LogP) is 1.70. The van der Waals surface area contributed by atoms with Crippen LogP contribution < -0.4 is 0 Å². The van der Waals surface area contributed by atoms with Gasteiger partial charge in [-0.15, -0.1) is 5.54 Å². The molecule has 1 nitrogen and oxygen atoms in total. The van der Waals surface area contributed by atoms with Crippen LogP contribution in [0.25, 0.3) is 0 Å². The minimum Gasteiger partial charge on any atom is -0.278 e. The summed E-state index contributed by atoms with van der Waals surface area (Å²) in [5.74, 6) is 0.674. The van der Waals surface area contributed by atoms with Gasteiger partial charge in [0.05, 0.1) is 0 Å². The van der Waals surface area contributed by atoms with Gasteiger partial charge in [-0.2, -0.15) is 0 Å². The van der Waals surface area contributed by atoms with E-state index in [9.17, 15) is 13.6 Å². The molecule has 0 aromatic carbocycles. The summed E-state index contributed by atoms with van der Waals surface area (Å²) in [6.45, 7) is 5.66. The first-order valence-electron chi connectivity index (χ1n) is 3.18. The molecular weight excluding hydrogens is 166 g/mol. The molecule has 0 N–H and O–H groups in total. The third-order valence-corrected chi connectivity index (χ3v) is 1.63. The van der Waals surface area contributed by atoms with E-state index in [4.69, 9.17) is 0 Å². The topological polar surface area (TPSA) is 17.1 Å². The highest BCUT2D eigenvalue weighted by atomic mass is 28.3. The van der Waals surface area contributed by atoms with Crippen molar-refractivity contribution in [2.24, 2.45) is 0 Å². The lowest BCUT2D eigenvalue weighted by Crippen LogP contribution is -2.18. The third-order valence-electron chi connectivity index (χ3n) is 0.759. The first-order chi connectivity index (χ1) is 4.83. The number of halogens is 2. The van der Waals surface area contributed by atoms with Crippen LogP contribution >= 0.6 is 0 Å². The molecule has 4 heteroatoms. The summed E-state index contributed by atoms with van der Waals surface area (Å²) in [5.41, 5.74) is 2.56. The van der Waals surface area contributed by atoms with Crippen molar-refractivity contribution in [1.82, 2.24) is 0 Å². The molecule has 0 bridgehead atoms. The van der Waals surface area contributed by atoms with Crippen molar-refractivity contribution < 1.29 is 13.6 Å². The molecule has 0 amide bonds. The number of ketones is 1. The lowest BCUT2D eigenvalue weighted by atomic mass is 10.4. The lowest BCUT2D eigenvalue weighted by Gasteiger charge is -2.02. The van der Waals surface area contributed by atoms with Gasteiger partial charge in [-0.05, 0) is 5.92 Å². The maximum Gasteiger partial charge on any atom is 0.308 e. The highest BCUT2D eigenvalue weighted by Crippen LogP contribution is 1.98. The molecule has 0 aromatic rings. The molecule has 0 atom stereocenters. The molecule has 0 aliphatic heterocycles. The average molecular weight is 176 g/mol. The summed E-state index contributed by atoms with van der Waals surface area (Å²) in [6.07, 6.45) is -2.95. The first kappa shape index (κ1) is 10.3. The van der Waals surface area contributed by atoms with Crippen LogP contribution in [-0.2, 0) is 4.79 Å². The molecule has 0 saturated heterocycles. The van der Waals surface area contributed by atoms with Gasteiger partial charge >= 0.3 is 6.43 Å². The van der Waals surface area contributed by atoms with Crippen LogP contribution in [-0.4, -0.2) is 20.3 Å². The second-order valence-electron chi connectivity index (χ2n) is 3.16. The molecule has 0 aromatic heterocycles. The van der Waals surface area contributed by atoms with Gasteiger partial charge in [-0.1, -0.05) is 19.6 Å². The molecule has 0 fully saturated rings. The molecule has 11 heavy (non-hydrogen) atoms. The summed E-state index contributed by atoms with van der Waals surface area (Å²) in [4.78, 5) is 10.3. The van der Waals surface area contributed by atoms with Crippen molar-refractivity contribution in [3.05, 3.63) is 0 Å². The Hall–Kier alpha value is -0.693. The standard InChI is InChI=1S/C7H10F2OSi/c1-11(2,3)5-4-6(10)7(8)9/h7H,1-3H3. The van der Waals surface area contributed by atoms with Gasteiger partial charge in [0.2, 0.25) is 0 Å². The van der Waals surface area contributed by atoms with E-state index < -0.39 is 20.3 Å². The van der Waals surface area contributed by atoms with E-state index in [1.807, 2.05) is 25.6 Å². The normalized spacial score (nSPS) is 10.7.